The van der Waals surface area contributed by atoms with Gasteiger partial charge in [0.05, 0.1) is 12.0 Å². The Morgan fingerprint density at radius 2 is 1.79 bits per heavy atom. The van der Waals surface area contributed by atoms with Crippen molar-refractivity contribution in [1.82, 2.24) is 20.4 Å². The highest BCUT2D eigenvalue weighted by atomic mass is 16.4. The predicted molar refractivity (Wildman–Crippen MR) is 109 cm³/mol. The van der Waals surface area contributed by atoms with Gasteiger partial charge in [0.25, 0.3) is 0 Å². The van der Waals surface area contributed by atoms with Gasteiger partial charge in [-0.1, -0.05) is 43.2 Å². The Bertz CT molecular complexity index is 824. The number of amides is 1. The molecule has 0 spiro atoms. The van der Waals surface area contributed by atoms with Crippen molar-refractivity contribution in [2.24, 2.45) is 5.92 Å². The minimum Gasteiger partial charge on any atom is -0.423 e. The number of likely N-dealkylation sites (tertiary alicyclic amines) is 1. The third kappa shape index (κ3) is 3.95. The molecule has 2 saturated heterocycles. The average Bonchev–Trinajstić information content (AvgIpc) is 3.40. The van der Waals surface area contributed by atoms with Crippen molar-refractivity contribution in [1.29, 1.82) is 0 Å². The molecule has 1 N–H and O–H groups in total. The van der Waals surface area contributed by atoms with E-state index < -0.39 is 0 Å². The van der Waals surface area contributed by atoms with E-state index in [1.54, 1.807) is 0 Å². The number of nitrogens with one attached hydrogen (secondary N) is 1. The summed E-state index contributed by atoms with van der Waals surface area (Å²) in [7, 11) is 0. The van der Waals surface area contributed by atoms with E-state index in [-0.39, 0.29) is 12.0 Å². The summed E-state index contributed by atoms with van der Waals surface area (Å²) in [6.45, 7) is 2.40. The van der Waals surface area contributed by atoms with Gasteiger partial charge in [-0.15, -0.1) is 10.2 Å². The van der Waals surface area contributed by atoms with Crippen LogP contribution in [0.15, 0.2) is 34.7 Å². The van der Waals surface area contributed by atoms with Gasteiger partial charge in [-0.25, -0.2) is 0 Å². The van der Waals surface area contributed by atoms with Crippen LogP contribution in [0.5, 0.6) is 0 Å². The largest absolute Gasteiger partial charge is 0.423 e. The zero-order valence-corrected chi connectivity index (χ0v) is 16.9. The fourth-order valence-electron chi connectivity index (χ4n) is 5.17. The van der Waals surface area contributed by atoms with E-state index in [0.29, 0.717) is 49.0 Å². The first-order valence-electron chi connectivity index (χ1n) is 11.2. The second-order valence-electron chi connectivity index (χ2n) is 8.92. The van der Waals surface area contributed by atoms with E-state index in [1.807, 2.05) is 4.90 Å². The van der Waals surface area contributed by atoms with Gasteiger partial charge in [0.15, 0.2) is 0 Å². The molecule has 6 nitrogen and oxygen atoms in total. The normalized spacial score (nSPS) is 25.9. The van der Waals surface area contributed by atoms with Crippen LogP contribution in [-0.2, 0) is 4.79 Å². The third-order valence-electron chi connectivity index (χ3n) is 6.93. The first-order valence-corrected chi connectivity index (χ1v) is 11.2. The van der Waals surface area contributed by atoms with Gasteiger partial charge in [0.1, 0.15) is 0 Å². The van der Waals surface area contributed by atoms with Gasteiger partial charge in [0.2, 0.25) is 17.7 Å². The molecule has 1 aliphatic carbocycles. The number of piperidine rings is 1. The van der Waals surface area contributed by atoms with Crippen molar-refractivity contribution in [3.05, 3.63) is 47.7 Å². The smallest absolute Gasteiger partial charge is 0.234 e. The Labute approximate surface area is 172 Å². The molecule has 0 bridgehead atoms. The molecule has 1 amide bonds. The van der Waals surface area contributed by atoms with Crippen molar-refractivity contribution in [2.45, 2.75) is 62.8 Å². The number of hydrogen-bond acceptors (Lipinski definition) is 5. The van der Waals surface area contributed by atoms with E-state index in [2.05, 4.69) is 45.8 Å². The van der Waals surface area contributed by atoms with Crippen LogP contribution in [0.3, 0.4) is 0 Å². The van der Waals surface area contributed by atoms with Crippen molar-refractivity contribution in [3.8, 4) is 0 Å². The van der Waals surface area contributed by atoms with Crippen molar-refractivity contribution >= 4 is 5.91 Å². The molecule has 2 aliphatic heterocycles. The van der Waals surface area contributed by atoms with E-state index >= 15 is 0 Å². The Morgan fingerprint density at radius 1 is 1.03 bits per heavy atom. The van der Waals surface area contributed by atoms with Gasteiger partial charge in [-0.05, 0) is 43.7 Å². The zero-order valence-electron chi connectivity index (χ0n) is 16.9. The van der Waals surface area contributed by atoms with E-state index in [0.717, 1.165) is 19.4 Å². The Kier molecular flexibility index (Phi) is 5.36. The number of rotatable bonds is 5. The molecule has 5 rings (SSSR count). The first-order chi connectivity index (χ1) is 14.3. The maximum atomic E-state index is 12.5. The minimum absolute atomic E-state index is 0.0626. The summed E-state index contributed by atoms with van der Waals surface area (Å²) in [5.74, 6) is 2.80. The molecule has 0 radical (unpaired) electrons. The van der Waals surface area contributed by atoms with Crippen LogP contribution in [0, 0.1) is 5.92 Å². The lowest BCUT2D eigenvalue weighted by molar-refractivity contribution is -0.136. The van der Waals surface area contributed by atoms with Gasteiger partial charge >= 0.3 is 0 Å². The van der Waals surface area contributed by atoms with Crippen LogP contribution >= 0.6 is 0 Å². The van der Waals surface area contributed by atoms with E-state index in [1.165, 1.54) is 31.2 Å². The van der Waals surface area contributed by atoms with Crippen molar-refractivity contribution in [2.75, 3.05) is 19.6 Å². The molecular formula is C23H30N4O2. The number of benzene rings is 1. The number of hydrogen-bond donors (Lipinski definition) is 1. The van der Waals surface area contributed by atoms with Gasteiger partial charge in [0, 0.05) is 25.4 Å². The van der Waals surface area contributed by atoms with Crippen LogP contribution < -0.4 is 5.32 Å². The van der Waals surface area contributed by atoms with Gasteiger partial charge in [-0.2, -0.15) is 0 Å². The molecule has 6 heteroatoms. The summed E-state index contributed by atoms with van der Waals surface area (Å²) in [5, 5.41) is 12.3. The number of nitrogens with zero attached hydrogens (tertiary/aromatic N) is 3. The summed E-state index contributed by atoms with van der Waals surface area (Å²) in [6, 6.07) is 10.7. The van der Waals surface area contributed by atoms with E-state index in [4.69, 9.17) is 4.42 Å². The molecule has 154 valence electrons. The molecule has 1 aromatic heterocycles. The third-order valence-corrected chi connectivity index (χ3v) is 6.93. The lowest BCUT2D eigenvalue weighted by atomic mass is 9.85. The quantitative estimate of drug-likeness (QED) is 0.836. The SMILES string of the molecule is O=C(CC1CCCC1)N1CC(c2nnc(C3NCCCC3c3ccccc3)o2)C1. The van der Waals surface area contributed by atoms with E-state index in [9.17, 15) is 4.79 Å². The van der Waals surface area contributed by atoms with Crippen LogP contribution in [0.2, 0.25) is 0 Å². The molecule has 29 heavy (non-hydrogen) atoms. The molecule has 3 aliphatic rings. The van der Waals surface area contributed by atoms with Crippen molar-refractivity contribution < 1.29 is 9.21 Å². The Hall–Kier alpha value is -2.21. The molecule has 2 unspecified atom stereocenters. The Balaban J connectivity index is 1.21. The molecule has 3 fully saturated rings. The first kappa shape index (κ1) is 18.8. The number of carbonyl (C=O) groups excluding carboxylic acids is 1. The van der Waals surface area contributed by atoms with Crippen LogP contribution in [0.1, 0.15) is 80.2 Å². The monoisotopic (exact) mass is 394 g/mol. The zero-order chi connectivity index (χ0) is 19.6. The molecule has 2 atom stereocenters. The average molecular weight is 395 g/mol. The van der Waals surface area contributed by atoms with Crippen LogP contribution in [0.4, 0.5) is 0 Å². The van der Waals surface area contributed by atoms with Crippen LogP contribution in [0.25, 0.3) is 0 Å². The summed E-state index contributed by atoms with van der Waals surface area (Å²) in [4.78, 5) is 14.4. The topological polar surface area (TPSA) is 71.3 Å². The summed E-state index contributed by atoms with van der Waals surface area (Å²) in [6.07, 6.45) is 7.98. The van der Waals surface area contributed by atoms with Gasteiger partial charge < -0.3 is 14.6 Å². The Morgan fingerprint density at radius 3 is 2.59 bits per heavy atom. The maximum Gasteiger partial charge on any atom is 0.234 e. The predicted octanol–water partition coefficient (Wildman–Crippen LogP) is 3.78. The molecule has 3 heterocycles. The number of carbonyl (C=O) groups is 1. The fourth-order valence-corrected chi connectivity index (χ4v) is 5.17. The second kappa shape index (κ2) is 8.27. The molecule has 1 saturated carbocycles. The molecule has 2 aromatic rings. The highest BCUT2D eigenvalue weighted by Crippen LogP contribution is 2.38. The lowest BCUT2D eigenvalue weighted by Gasteiger charge is -2.37. The maximum absolute atomic E-state index is 12.5. The molecular weight excluding hydrogens is 364 g/mol. The summed E-state index contributed by atoms with van der Waals surface area (Å²) >= 11 is 0. The highest BCUT2D eigenvalue weighted by molar-refractivity contribution is 5.77. The highest BCUT2D eigenvalue weighted by Gasteiger charge is 2.38. The summed E-state index contributed by atoms with van der Waals surface area (Å²) < 4.78 is 6.12. The van der Waals surface area contributed by atoms with Crippen molar-refractivity contribution in [3.63, 3.8) is 0 Å². The van der Waals surface area contributed by atoms with Gasteiger partial charge in [-0.3, -0.25) is 4.79 Å². The van der Waals surface area contributed by atoms with Crippen LogP contribution in [-0.4, -0.2) is 40.6 Å². The standard InChI is InChI=1S/C23H30N4O2/c28-20(13-16-7-4-5-8-16)27-14-18(15-27)22-25-26-23(29-22)21-19(11-6-12-24-21)17-9-2-1-3-10-17/h1-3,9-10,16,18-19,21,24H,4-8,11-15H2. The molecule has 1 aromatic carbocycles. The summed E-state index contributed by atoms with van der Waals surface area (Å²) in [5.41, 5.74) is 1.32. The lowest BCUT2D eigenvalue weighted by Crippen LogP contribution is -2.49. The number of aromatic nitrogens is 2. The fraction of sp³-hybridized carbons (Fsp3) is 0.609. The second-order valence-corrected chi connectivity index (χ2v) is 8.92. The minimum atomic E-state index is 0.0626.